The van der Waals surface area contributed by atoms with Gasteiger partial charge in [-0.2, -0.15) is 0 Å². The van der Waals surface area contributed by atoms with E-state index in [4.69, 9.17) is 19.4 Å². The summed E-state index contributed by atoms with van der Waals surface area (Å²) in [6.45, 7) is 14.9. The molecule has 2 unspecified atom stereocenters. The van der Waals surface area contributed by atoms with Crippen LogP contribution in [0.5, 0.6) is 0 Å². The lowest BCUT2D eigenvalue weighted by molar-refractivity contribution is 0.489. The fourth-order valence-corrected chi connectivity index (χ4v) is 7.04. The maximum atomic E-state index is 6.67. The molecule has 0 saturated heterocycles. The molecule has 208 valence electrons. The average molecular weight is 550 g/mol. The van der Waals surface area contributed by atoms with Gasteiger partial charge < -0.3 is 4.42 Å². The largest absolute Gasteiger partial charge is 0.437 e. The standard InChI is InChI=1S/C38H35N3O/c1-6-31-27-14-9-8-13-26(27)28-17-15-25-16-18-29-30-19-20-33(35-22(3)11-10-12-23(35)4)41-38(30)42-37(29)36(25)32(7-2)39-24(5)21-34(28)40-31/h6,8-14,16,18-20,28,34H,1,5,7,15,17,21H2,2-4H3/b39-32-. The molecule has 2 aliphatic heterocycles. The minimum absolute atomic E-state index is 0.0891. The van der Waals surface area contributed by atoms with Crippen molar-refractivity contribution in [3.8, 4) is 11.3 Å². The molecule has 3 aromatic carbocycles. The number of rotatable bonds is 3. The molecule has 2 atom stereocenters. The van der Waals surface area contributed by atoms with Gasteiger partial charge in [0.15, 0.2) is 0 Å². The molecule has 7 rings (SSSR count). The van der Waals surface area contributed by atoms with Gasteiger partial charge in [0, 0.05) is 45.5 Å². The Hall–Kier alpha value is -4.57. The van der Waals surface area contributed by atoms with Crippen molar-refractivity contribution in [3.05, 3.63) is 125 Å². The van der Waals surface area contributed by atoms with Gasteiger partial charge in [-0.15, -0.1) is 0 Å². The Balaban J connectivity index is 1.39. The Bertz CT molecular complexity index is 1950. The molecule has 0 saturated carbocycles. The Kier molecular flexibility index (Phi) is 6.50. The van der Waals surface area contributed by atoms with Crippen LogP contribution < -0.4 is 0 Å². The second kappa shape index (κ2) is 10.4. The highest BCUT2D eigenvalue weighted by Gasteiger charge is 2.32. The Morgan fingerprint density at radius 1 is 0.929 bits per heavy atom. The smallest absolute Gasteiger partial charge is 0.227 e. The van der Waals surface area contributed by atoms with E-state index in [2.05, 4.69) is 101 Å². The lowest BCUT2D eigenvalue weighted by Gasteiger charge is -2.32. The van der Waals surface area contributed by atoms with Crippen molar-refractivity contribution >= 4 is 33.5 Å². The molecule has 0 aliphatic carbocycles. The van der Waals surface area contributed by atoms with Crippen LogP contribution in [0.4, 0.5) is 0 Å². The van der Waals surface area contributed by atoms with E-state index in [0.29, 0.717) is 12.1 Å². The Morgan fingerprint density at radius 2 is 1.71 bits per heavy atom. The van der Waals surface area contributed by atoms with Crippen LogP contribution in [0, 0.1) is 13.8 Å². The minimum atomic E-state index is 0.0891. The van der Waals surface area contributed by atoms with Crippen LogP contribution in [0.3, 0.4) is 0 Å². The van der Waals surface area contributed by atoms with Crippen LogP contribution in [-0.2, 0) is 6.42 Å². The van der Waals surface area contributed by atoms with Gasteiger partial charge in [0.25, 0.3) is 0 Å². The van der Waals surface area contributed by atoms with Crippen molar-refractivity contribution < 1.29 is 4.42 Å². The third-order valence-corrected chi connectivity index (χ3v) is 9.02. The molecular weight excluding hydrogens is 514 g/mol. The highest BCUT2D eigenvalue weighted by Crippen LogP contribution is 2.40. The van der Waals surface area contributed by atoms with Gasteiger partial charge in [0.1, 0.15) is 5.58 Å². The zero-order valence-corrected chi connectivity index (χ0v) is 24.6. The third kappa shape index (κ3) is 4.25. The third-order valence-electron chi connectivity index (χ3n) is 9.02. The zero-order valence-electron chi connectivity index (χ0n) is 24.6. The van der Waals surface area contributed by atoms with Gasteiger partial charge >= 0.3 is 0 Å². The molecule has 4 heterocycles. The molecule has 4 nitrogen and oxygen atoms in total. The van der Waals surface area contributed by atoms with Gasteiger partial charge in [-0.1, -0.05) is 74.7 Å². The molecule has 0 N–H and O–H groups in total. The van der Waals surface area contributed by atoms with Crippen molar-refractivity contribution in [2.24, 2.45) is 9.98 Å². The van der Waals surface area contributed by atoms with Crippen LogP contribution >= 0.6 is 0 Å². The monoisotopic (exact) mass is 549 g/mol. The van der Waals surface area contributed by atoms with Crippen LogP contribution in [0.25, 0.3) is 33.3 Å². The summed E-state index contributed by atoms with van der Waals surface area (Å²) in [6, 6.07) is 23.8. The van der Waals surface area contributed by atoms with Gasteiger partial charge in [-0.3, -0.25) is 9.98 Å². The number of aromatic nitrogens is 1. The van der Waals surface area contributed by atoms with Gasteiger partial charge in [0.2, 0.25) is 5.71 Å². The molecule has 5 aromatic rings. The van der Waals surface area contributed by atoms with Crippen molar-refractivity contribution in [1.29, 1.82) is 0 Å². The van der Waals surface area contributed by atoms with Crippen LogP contribution in [-0.4, -0.2) is 22.4 Å². The summed E-state index contributed by atoms with van der Waals surface area (Å²) in [4.78, 5) is 15.4. The highest BCUT2D eigenvalue weighted by molar-refractivity contribution is 6.16. The highest BCUT2D eigenvalue weighted by atomic mass is 16.3. The van der Waals surface area contributed by atoms with Gasteiger partial charge in [-0.25, -0.2) is 4.98 Å². The molecule has 0 amide bonds. The van der Waals surface area contributed by atoms with Gasteiger partial charge in [-0.05, 0) is 73.6 Å². The molecule has 0 radical (unpaired) electrons. The lowest BCUT2D eigenvalue weighted by Crippen LogP contribution is -2.27. The molecule has 2 aliphatic rings. The van der Waals surface area contributed by atoms with Crippen molar-refractivity contribution in [3.63, 3.8) is 0 Å². The first-order valence-corrected chi connectivity index (χ1v) is 14.9. The zero-order chi connectivity index (χ0) is 29.0. The number of nitrogens with zero attached hydrogens (tertiary/aromatic N) is 3. The van der Waals surface area contributed by atoms with Crippen LogP contribution in [0.15, 0.2) is 106 Å². The van der Waals surface area contributed by atoms with Crippen LogP contribution in [0.1, 0.15) is 65.5 Å². The summed E-state index contributed by atoms with van der Waals surface area (Å²) in [6.07, 6.45) is 5.26. The number of hydrogen-bond donors (Lipinski definition) is 0. The summed E-state index contributed by atoms with van der Waals surface area (Å²) in [5.41, 5.74) is 13.8. The van der Waals surface area contributed by atoms with E-state index in [9.17, 15) is 0 Å². The summed E-state index contributed by atoms with van der Waals surface area (Å²) >= 11 is 0. The normalized spacial score (nSPS) is 19.8. The van der Waals surface area contributed by atoms with Crippen LogP contribution in [0.2, 0.25) is 0 Å². The van der Waals surface area contributed by atoms with Crippen molar-refractivity contribution in [2.75, 3.05) is 0 Å². The van der Waals surface area contributed by atoms with E-state index < -0.39 is 0 Å². The number of allylic oxidation sites excluding steroid dienone is 1. The second-order valence-electron chi connectivity index (χ2n) is 11.6. The molecule has 2 aromatic heterocycles. The maximum Gasteiger partial charge on any atom is 0.227 e. The number of fused-ring (bicyclic) bond motifs is 8. The number of aryl methyl sites for hydroxylation is 3. The molecule has 42 heavy (non-hydrogen) atoms. The lowest BCUT2D eigenvalue weighted by atomic mass is 9.78. The minimum Gasteiger partial charge on any atom is -0.437 e. The number of benzene rings is 3. The van der Waals surface area contributed by atoms with E-state index >= 15 is 0 Å². The fourth-order valence-electron chi connectivity index (χ4n) is 7.04. The SMILES string of the molecule is C=CC1=NC2CC(=C)/N=C(/CC)c3c(ccc4c3oc3nc(-c5c(C)cccc5C)ccc34)CCC2c2ccccc21. The Labute approximate surface area is 247 Å². The molecular formula is C38H35N3O. The van der Waals surface area contributed by atoms with E-state index in [-0.39, 0.29) is 12.0 Å². The van der Waals surface area contributed by atoms with E-state index in [1.54, 1.807) is 0 Å². The summed E-state index contributed by atoms with van der Waals surface area (Å²) < 4.78 is 6.67. The Morgan fingerprint density at radius 3 is 2.50 bits per heavy atom. The first kappa shape index (κ1) is 26.3. The quantitative estimate of drug-likeness (QED) is 0.225. The topological polar surface area (TPSA) is 50.8 Å². The predicted molar refractivity (Wildman–Crippen MR) is 175 cm³/mol. The van der Waals surface area contributed by atoms with Gasteiger partial charge in [0.05, 0.1) is 23.2 Å². The van der Waals surface area contributed by atoms with Crippen molar-refractivity contribution in [2.45, 2.75) is 58.4 Å². The number of pyridine rings is 1. The number of hydrogen-bond acceptors (Lipinski definition) is 4. The molecule has 0 bridgehead atoms. The summed E-state index contributed by atoms with van der Waals surface area (Å²) in [5.74, 6) is 0.279. The first-order chi connectivity index (χ1) is 20.5. The van der Waals surface area contributed by atoms with E-state index in [1.807, 2.05) is 6.08 Å². The number of aliphatic imine (C=N–C) groups is 2. The van der Waals surface area contributed by atoms with E-state index in [0.717, 1.165) is 64.0 Å². The van der Waals surface area contributed by atoms with Crippen molar-refractivity contribution in [1.82, 2.24) is 4.98 Å². The first-order valence-electron chi connectivity index (χ1n) is 14.9. The maximum absolute atomic E-state index is 6.67. The predicted octanol–water partition coefficient (Wildman–Crippen LogP) is 9.46. The average Bonchev–Trinajstić information content (AvgIpc) is 3.36. The summed E-state index contributed by atoms with van der Waals surface area (Å²) in [5, 5.41) is 2.11. The second-order valence-corrected chi connectivity index (χ2v) is 11.6. The molecule has 4 heteroatoms. The molecule has 0 spiro atoms. The molecule has 0 fully saturated rings. The summed E-state index contributed by atoms with van der Waals surface area (Å²) in [7, 11) is 0. The number of furan rings is 1. The van der Waals surface area contributed by atoms with E-state index in [1.165, 1.54) is 33.4 Å². The fraction of sp³-hybridized carbons (Fsp3) is 0.237.